The van der Waals surface area contributed by atoms with E-state index in [1.807, 2.05) is 38.1 Å². The fraction of sp³-hybridized carbons (Fsp3) is 0.208. The standard InChI is InChI=1S/C24H23IN2O5S/c1-4-10-27-23(29)20(33-24(27)30)13-16-11-18(25)22(19(12-16)31-5-2)32-14-21(28)26-17-8-6-15(3)7-9-17/h4,6-9,11-13H,1,5,10,14H2,2-3H3,(H,26,28)/b20-13+. The van der Waals surface area contributed by atoms with E-state index < -0.39 is 0 Å². The van der Waals surface area contributed by atoms with Crippen LogP contribution in [0.2, 0.25) is 0 Å². The third-order valence-electron chi connectivity index (χ3n) is 4.50. The monoisotopic (exact) mass is 578 g/mol. The lowest BCUT2D eigenvalue weighted by Gasteiger charge is -2.15. The van der Waals surface area contributed by atoms with E-state index in [9.17, 15) is 14.4 Å². The first-order valence-electron chi connectivity index (χ1n) is 10.1. The lowest BCUT2D eigenvalue weighted by molar-refractivity contribution is -0.122. The molecule has 1 aliphatic rings. The van der Waals surface area contributed by atoms with Gasteiger partial charge in [0.25, 0.3) is 17.1 Å². The van der Waals surface area contributed by atoms with Gasteiger partial charge >= 0.3 is 0 Å². The number of nitrogens with one attached hydrogen (secondary N) is 1. The number of rotatable bonds is 9. The number of hydrogen-bond donors (Lipinski definition) is 1. The second kappa shape index (κ2) is 11.4. The molecule has 33 heavy (non-hydrogen) atoms. The average molecular weight is 578 g/mol. The maximum Gasteiger partial charge on any atom is 0.293 e. The van der Waals surface area contributed by atoms with Gasteiger partial charge in [-0.25, -0.2) is 0 Å². The maximum absolute atomic E-state index is 12.5. The van der Waals surface area contributed by atoms with Crippen molar-refractivity contribution in [3.63, 3.8) is 0 Å². The fourth-order valence-corrected chi connectivity index (χ4v) is 4.61. The molecule has 0 aliphatic carbocycles. The number of hydrogen-bond acceptors (Lipinski definition) is 6. The summed E-state index contributed by atoms with van der Waals surface area (Å²) >= 11 is 2.98. The van der Waals surface area contributed by atoms with E-state index in [4.69, 9.17) is 9.47 Å². The predicted molar refractivity (Wildman–Crippen MR) is 139 cm³/mol. The Morgan fingerprint density at radius 2 is 1.94 bits per heavy atom. The Morgan fingerprint density at radius 1 is 1.21 bits per heavy atom. The van der Waals surface area contributed by atoms with E-state index >= 15 is 0 Å². The van der Waals surface area contributed by atoms with E-state index in [-0.39, 0.29) is 30.2 Å². The van der Waals surface area contributed by atoms with Gasteiger partial charge in [0.1, 0.15) is 0 Å². The summed E-state index contributed by atoms with van der Waals surface area (Å²) < 4.78 is 12.2. The third kappa shape index (κ3) is 6.38. The number of amides is 3. The average Bonchev–Trinajstić information content (AvgIpc) is 3.02. The molecule has 0 radical (unpaired) electrons. The SMILES string of the molecule is C=CCN1C(=O)S/C(=C/c2cc(I)c(OCC(=O)Nc3ccc(C)cc3)c(OCC)c2)C1=O. The number of carbonyl (C=O) groups excluding carboxylic acids is 3. The Kier molecular flexibility index (Phi) is 8.56. The molecular formula is C24H23IN2O5S. The Hall–Kier alpha value is -2.79. The van der Waals surface area contributed by atoms with Crippen molar-refractivity contribution < 1.29 is 23.9 Å². The van der Waals surface area contributed by atoms with Gasteiger partial charge in [-0.05, 0) is 84.1 Å². The molecule has 0 bridgehead atoms. The van der Waals surface area contributed by atoms with Crippen molar-refractivity contribution in [3.05, 3.63) is 68.7 Å². The van der Waals surface area contributed by atoms with Crippen LogP contribution in [0.1, 0.15) is 18.1 Å². The van der Waals surface area contributed by atoms with Crippen LogP contribution in [0.5, 0.6) is 11.5 Å². The van der Waals surface area contributed by atoms with Crippen LogP contribution in [0.4, 0.5) is 10.5 Å². The summed E-state index contributed by atoms with van der Waals surface area (Å²) in [5.74, 6) is 0.237. The summed E-state index contributed by atoms with van der Waals surface area (Å²) in [5, 5.41) is 2.46. The van der Waals surface area contributed by atoms with Gasteiger partial charge in [-0.3, -0.25) is 19.3 Å². The van der Waals surface area contributed by atoms with Crippen LogP contribution in [-0.4, -0.2) is 41.7 Å². The highest BCUT2D eigenvalue weighted by atomic mass is 127. The molecule has 2 aromatic rings. The molecule has 2 aromatic carbocycles. The first-order chi connectivity index (χ1) is 15.8. The lowest BCUT2D eigenvalue weighted by atomic mass is 10.2. The molecule has 3 rings (SSSR count). The van der Waals surface area contributed by atoms with Gasteiger partial charge < -0.3 is 14.8 Å². The lowest BCUT2D eigenvalue weighted by Crippen LogP contribution is -2.27. The van der Waals surface area contributed by atoms with Crippen LogP contribution in [0.3, 0.4) is 0 Å². The molecule has 0 saturated carbocycles. The predicted octanol–water partition coefficient (Wildman–Crippen LogP) is 5.24. The first kappa shape index (κ1) is 24.8. The summed E-state index contributed by atoms with van der Waals surface area (Å²) in [6, 6.07) is 11.0. The molecule has 1 N–H and O–H groups in total. The summed E-state index contributed by atoms with van der Waals surface area (Å²) in [4.78, 5) is 38.3. The molecule has 0 atom stereocenters. The zero-order chi connectivity index (χ0) is 24.0. The van der Waals surface area contributed by atoms with E-state index in [2.05, 4.69) is 34.5 Å². The number of ether oxygens (including phenoxy) is 2. The molecule has 0 unspecified atom stereocenters. The van der Waals surface area contributed by atoms with Crippen LogP contribution in [-0.2, 0) is 9.59 Å². The largest absolute Gasteiger partial charge is 0.490 e. The van der Waals surface area contributed by atoms with Gasteiger partial charge in [-0.1, -0.05) is 23.8 Å². The summed E-state index contributed by atoms with van der Waals surface area (Å²) in [6.45, 7) is 7.76. The summed E-state index contributed by atoms with van der Waals surface area (Å²) in [7, 11) is 0. The summed E-state index contributed by atoms with van der Waals surface area (Å²) in [6.07, 6.45) is 3.16. The normalized spacial score (nSPS) is 14.5. The quantitative estimate of drug-likeness (QED) is 0.249. The van der Waals surface area contributed by atoms with Crippen molar-refractivity contribution in [2.75, 3.05) is 25.1 Å². The molecule has 3 amide bonds. The highest BCUT2D eigenvalue weighted by Gasteiger charge is 2.34. The molecule has 1 aliphatic heterocycles. The highest BCUT2D eigenvalue weighted by molar-refractivity contribution is 14.1. The number of imide groups is 1. The van der Waals surface area contributed by atoms with Gasteiger partial charge in [-0.15, -0.1) is 6.58 Å². The Balaban J connectivity index is 1.76. The number of nitrogens with zero attached hydrogens (tertiary/aromatic N) is 1. The topological polar surface area (TPSA) is 84.9 Å². The fourth-order valence-electron chi connectivity index (χ4n) is 2.98. The van der Waals surface area contributed by atoms with Crippen LogP contribution in [0.25, 0.3) is 6.08 Å². The number of halogens is 1. The minimum Gasteiger partial charge on any atom is -0.490 e. The Bertz CT molecular complexity index is 1110. The van der Waals surface area contributed by atoms with Crippen molar-refractivity contribution in [1.82, 2.24) is 4.90 Å². The molecule has 1 fully saturated rings. The zero-order valence-corrected chi connectivity index (χ0v) is 21.2. The Labute approximate surface area is 210 Å². The van der Waals surface area contributed by atoms with E-state index in [1.54, 1.807) is 18.2 Å². The molecule has 0 aromatic heterocycles. The zero-order valence-electron chi connectivity index (χ0n) is 18.2. The molecule has 172 valence electrons. The van der Waals surface area contributed by atoms with Crippen molar-refractivity contribution in [1.29, 1.82) is 0 Å². The van der Waals surface area contributed by atoms with Gasteiger partial charge in [0.15, 0.2) is 18.1 Å². The molecular weight excluding hydrogens is 555 g/mol. The van der Waals surface area contributed by atoms with Crippen LogP contribution >= 0.6 is 34.4 Å². The third-order valence-corrected chi connectivity index (χ3v) is 6.21. The number of benzene rings is 2. The minimum absolute atomic E-state index is 0.168. The smallest absolute Gasteiger partial charge is 0.293 e. The molecule has 7 nitrogen and oxygen atoms in total. The maximum atomic E-state index is 12.5. The number of aryl methyl sites for hydroxylation is 1. The van der Waals surface area contributed by atoms with E-state index in [1.165, 1.54) is 6.08 Å². The van der Waals surface area contributed by atoms with Gasteiger partial charge in [0.2, 0.25) is 0 Å². The van der Waals surface area contributed by atoms with E-state index in [0.717, 1.165) is 22.2 Å². The van der Waals surface area contributed by atoms with Crippen molar-refractivity contribution in [3.8, 4) is 11.5 Å². The minimum atomic E-state index is -0.356. The second-order valence-corrected chi connectivity index (χ2v) is 9.20. The number of carbonyl (C=O) groups is 3. The van der Waals surface area contributed by atoms with Crippen LogP contribution < -0.4 is 14.8 Å². The number of anilines is 1. The van der Waals surface area contributed by atoms with Gasteiger partial charge in [0, 0.05) is 12.2 Å². The Morgan fingerprint density at radius 3 is 2.61 bits per heavy atom. The molecule has 1 saturated heterocycles. The van der Waals surface area contributed by atoms with Crippen molar-refractivity contribution in [2.24, 2.45) is 0 Å². The highest BCUT2D eigenvalue weighted by Crippen LogP contribution is 2.37. The van der Waals surface area contributed by atoms with Crippen molar-refractivity contribution >= 4 is 63.2 Å². The molecule has 0 spiro atoms. The number of thioether (sulfide) groups is 1. The van der Waals surface area contributed by atoms with Crippen LogP contribution in [0, 0.1) is 10.5 Å². The van der Waals surface area contributed by atoms with Crippen molar-refractivity contribution in [2.45, 2.75) is 13.8 Å². The van der Waals surface area contributed by atoms with Crippen LogP contribution in [0.15, 0.2) is 54.0 Å². The van der Waals surface area contributed by atoms with E-state index in [0.29, 0.717) is 37.8 Å². The van der Waals surface area contributed by atoms with Gasteiger partial charge in [0.05, 0.1) is 15.1 Å². The molecule has 9 heteroatoms. The first-order valence-corrected chi connectivity index (χ1v) is 12.0. The van der Waals surface area contributed by atoms with Gasteiger partial charge in [-0.2, -0.15) is 0 Å². The second-order valence-electron chi connectivity index (χ2n) is 7.05. The molecule has 1 heterocycles. The summed E-state index contributed by atoms with van der Waals surface area (Å²) in [5.41, 5.74) is 2.48.